The number of rotatable bonds is 6. The molecule has 0 aliphatic heterocycles. The van der Waals surface area contributed by atoms with Crippen LogP contribution in [0.2, 0.25) is 0 Å². The molecule has 8 heteroatoms. The fraction of sp³-hybridized carbons (Fsp3) is 0.0588. The van der Waals surface area contributed by atoms with Crippen LogP contribution >= 0.6 is 0 Å². The number of benzene rings is 2. The quantitative estimate of drug-likeness (QED) is 0.360. The SMILES string of the molecule is Cc1ccc([N+](=O)[O-])cc1NC(=CC(=O)c1ccc(F)cc1)C(=O)O. The molecule has 0 bridgehead atoms. The van der Waals surface area contributed by atoms with Gasteiger partial charge in [-0.25, -0.2) is 9.18 Å². The summed E-state index contributed by atoms with van der Waals surface area (Å²) in [6.07, 6.45) is 0.841. The molecular formula is C17H13FN2O5. The fourth-order valence-corrected chi connectivity index (χ4v) is 1.98. The van der Waals surface area contributed by atoms with E-state index in [1.165, 1.54) is 30.3 Å². The Labute approximate surface area is 141 Å². The minimum absolute atomic E-state index is 0.109. The molecule has 7 nitrogen and oxygen atoms in total. The van der Waals surface area contributed by atoms with Crippen LogP contribution in [0.4, 0.5) is 15.8 Å². The predicted molar refractivity (Wildman–Crippen MR) is 87.9 cm³/mol. The lowest BCUT2D eigenvalue weighted by Gasteiger charge is -2.10. The Morgan fingerprint density at radius 1 is 1.20 bits per heavy atom. The highest BCUT2D eigenvalue weighted by atomic mass is 19.1. The summed E-state index contributed by atoms with van der Waals surface area (Å²) in [5, 5.41) is 22.6. The van der Waals surface area contributed by atoms with Crippen molar-refractivity contribution in [1.82, 2.24) is 0 Å². The van der Waals surface area contributed by atoms with E-state index in [1.807, 2.05) is 0 Å². The summed E-state index contributed by atoms with van der Waals surface area (Å²) in [7, 11) is 0. The summed E-state index contributed by atoms with van der Waals surface area (Å²) in [4.78, 5) is 33.7. The first-order valence-electron chi connectivity index (χ1n) is 7.05. The Hall–Kier alpha value is -3.55. The number of aryl methyl sites for hydroxylation is 1. The zero-order chi connectivity index (χ0) is 18.6. The Bertz CT molecular complexity index is 875. The molecule has 0 saturated carbocycles. The number of allylic oxidation sites excluding steroid dienone is 1. The zero-order valence-electron chi connectivity index (χ0n) is 13.0. The van der Waals surface area contributed by atoms with Crippen LogP contribution in [-0.2, 0) is 4.79 Å². The molecule has 25 heavy (non-hydrogen) atoms. The van der Waals surface area contributed by atoms with E-state index in [0.717, 1.165) is 18.2 Å². The summed E-state index contributed by atoms with van der Waals surface area (Å²) < 4.78 is 12.9. The molecule has 0 aliphatic carbocycles. The molecule has 0 atom stereocenters. The van der Waals surface area contributed by atoms with Gasteiger partial charge in [0.05, 0.1) is 4.92 Å². The maximum absolute atomic E-state index is 12.9. The van der Waals surface area contributed by atoms with E-state index in [0.29, 0.717) is 5.56 Å². The normalized spacial score (nSPS) is 11.0. The van der Waals surface area contributed by atoms with Crippen molar-refractivity contribution >= 4 is 23.1 Å². The van der Waals surface area contributed by atoms with Gasteiger partial charge in [-0.05, 0) is 36.8 Å². The lowest BCUT2D eigenvalue weighted by Crippen LogP contribution is -2.13. The number of aliphatic carboxylic acids is 1. The van der Waals surface area contributed by atoms with Crippen LogP contribution in [0.5, 0.6) is 0 Å². The van der Waals surface area contributed by atoms with Gasteiger partial charge < -0.3 is 10.4 Å². The lowest BCUT2D eigenvalue weighted by atomic mass is 10.1. The van der Waals surface area contributed by atoms with Crippen molar-refractivity contribution in [3.05, 3.63) is 81.3 Å². The molecule has 0 radical (unpaired) electrons. The van der Waals surface area contributed by atoms with Gasteiger partial charge in [-0.1, -0.05) is 6.07 Å². The molecule has 0 saturated heterocycles. The Morgan fingerprint density at radius 2 is 1.84 bits per heavy atom. The average molecular weight is 344 g/mol. The minimum Gasteiger partial charge on any atom is -0.477 e. The smallest absolute Gasteiger partial charge is 0.352 e. The topological polar surface area (TPSA) is 110 Å². The molecule has 0 aliphatic rings. The van der Waals surface area contributed by atoms with Crippen LogP contribution in [0.1, 0.15) is 15.9 Å². The number of carboxylic acid groups (broad SMARTS) is 1. The Morgan fingerprint density at radius 3 is 2.40 bits per heavy atom. The van der Waals surface area contributed by atoms with E-state index in [9.17, 15) is 29.2 Å². The van der Waals surface area contributed by atoms with E-state index in [2.05, 4.69) is 5.32 Å². The number of anilines is 1. The van der Waals surface area contributed by atoms with Gasteiger partial charge in [0.15, 0.2) is 5.78 Å². The van der Waals surface area contributed by atoms with E-state index in [4.69, 9.17) is 0 Å². The first-order valence-corrected chi connectivity index (χ1v) is 7.05. The van der Waals surface area contributed by atoms with E-state index < -0.39 is 28.2 Å². The second-order valence-corrected chi connectivity index (χ2v) is 5.12. The number of carbonyl (C=O) groups is 2. The first-order chi connectivity index (χ1) is 11.8. The Kier molecular flexibility index (Phi) is 5.23. The van der Waals surface area contributed by atoms with Crippen LogP contribution in [-0.4, -0.2) is 21.8 Å². The molecule has 0 spiro atoms. The third kappa shape index (κ3) is 4.47. The molecule has 2 aromatic carbocycles. The number of nitrogens with one attached hydrogen (secondary N) is 1. The van der Waals surface area contributed by atoms with Crippen molar-refractivity contribution in [3.8, 4) is 0 Å². The van der Waals surface area contributed by atoms with E-state index >= 15 is 0 Å². The number of nitro groups is 1. The number of hydrogen-bond donors (Lipinski definition) is 2. The summed E-state index contributed by atoms with van der Waals surface area (Å²) in [5.41, 5.74) is 0.181. The minimum atomic E-state index is -1.42. The van der Waals surface area contributed by atoms with Gasteiger partial charge in [-0.3, -0.25) is 14.9 Å². The number of halogens is 1. The maximum atomic E-state index is 12.9. The molecule has 0 unspecified atom stereocenters. The largest absolute Gasteiger partial charge is 0.477 e. The number of ketones is 1. The molecule has 0 amide bonds. The highest BCUT2D eigenvalue weighted by molar-refractivity contribution is 6.09. The number of carbonyl (C=O) groups excluding carboxylic acids is 1. The van der Waals surface area contributed by atoms with E-state index in [-0.39, 0.29) is 16.9 Å². The molecule has 0 fully saturated rings. The van der Waals surface area contributed by atoms with Crippen molar-refractivity contribution in [3.63, 3.8) is 0 Å². The van der Waals surface area contributed by atoms with Crippen molar-refractivity contribution in [2.24, 2.45) is 0 Å². The number of nitro benzene ring substituents is 1. The lowest BCUT2D eigenvalue weighted by molar-refractivity contribution is -0.384. The number of nitrogens with zero attached hydrogens (tertiary/aromatic N) is 1. The van der Waals surface area contributed by atoms with Gasteiger partial charge in [-0.2, -0.15) is 0 Å². The van der Waals surface area contributed by atoms with Crippen molar-refractivity contribution < 1.29 is 24.0 Å². The summed E-state index contributed by atoms with van der Waals surface area (Å²) in [5.74, 6) is -2.58. The molecule has 128 valence electrons. The summed E-state index contributed by atoms with van der Waals surface area (Å²) >= 11 is 0. The van der Waals surface area contributed by atoms with Gasteiger partial charge >= 0.3 is 5.97 Å². The van der Waals surface area contributed by atoms with E-state index in [1.54, 1.807) is 6.92 Å². The molecule has 0 aromatic heterocycles. The summed E-state index contributed by atoms with van der Waals surface area (Å²) in [6.45, 7) is 1.63. The molecule has 2 N–H and O–H groups in total. The van der Waals surface area contributed by atoms with Crippen molar-refractivity contribution in [2.45, 2.75) is 6.92 Å². The maximum Gasteiger partial charge on any atom is 0.352 e. The van der Waals surface area contributed by atoms with Crippen molar-refractivity contribution in [2.75, 3.05) is 5.32 Å². The number of hydrogen-bond acceptors (Lipinski definition) is 5. The second-order valence-electron chi connectivity index (χ2n) is 5.12. The second kappa shape index (κ2) is 7.35. The van der Waals surface area contributed by atoms with Gasteiger partial charge in [0.25, 0.3) is 5.69 Å². The fourth-order valence-electron chi connectivity index (χ4n) is 1.98. The molecule has 0 heterocycles. The number of carboxylic acids is 1. The molecule has 2 aromatic rings. The third-order valence-electron chi connectivity index (χ3n) is 3.34. The van der Waals surface area contributed by atoms with Gasteiger partial charge in [0.1, 0.15) is 11.5 Å². The van der Waals surface area contributed by atoms with Crippen molar-refractivity contribution in [1.29, 1.82) is 0 Å². The molecular weight excluding hydrogens is 331 g/mol. The van der Waals surface area contributed by atoms with Gasteiger partial charge in [0, 0.05) is 29.5 Å². The highest BCUT2D eigenvalue weighted by Crippen LogP contribution is 2.23. The highest BCUT2D eigenvalue weighted by Gasteiger charge is 2.15. The third-order valence-corrected chi connectivity index (χ3v) is 3.34. The van der Waals surface area contributed by atoms with Crippen LogP contribution in [0.25, 0.3) is 0 Å². The predicted octanol–water partition coefficient (Wildman–Crippen LogP) is 3.31. The summed E-state index contributed by atoms with van der Waals surface area (Å²) in [6, 6.07) is 8.54. The average Bonchev–Trinajstić information content (AvgIpc) is 2.56. The van der Waals surface area contributed by atoms with Gasteiger partial charge in [0.2, 0.25) is 0 Å². The van der Waals surface area contributed by atoms with Crippen LogP contribution in [0.15, 0.2) is 54.2 Å². The van der Waals surface area contributed by atoms with Crippen LogP contribution in [0.3, 0.4) is 0 Å². The standard InChI is InChI=1S/C17H13FN2O5/c1-10-2-7-13(20(24)25)8-14(10)19-15(17(22)23)9-16(21)11-3-5-12(18)6-4-11/h2-9,19H,1H3,(H,22,23). The molecule has 2 rings (SSSR count). The van der Waals surface area contributed by atoms with Crippen LogP contribution in [0, 0.1) is 22.9 Å². The van der Waals surface area contributed by atoms with Crippen LogP contribution < -0.4 is 5.32 Å². The monoisotopic (exact) mass is 344 g/mol. The first kappa shape index (κ1) is 17.8. The zero-order valence-corrected chi connectivity index (χ0v) is 13.0. The Balaban J connectivity index is 2.34. The number of non-ortho nitro benzene ring substituents is 1. The van der Waals surface area contributed by atoms with Gasteiger partial charge in [-0.15, -0.1) is 0 Å².